The minimum absolute atomic E-state index is 0. The third-order valence-electron chi connectivity index (χ3n) is 3.06. The molecule has 7 heteroatoms. The summed E-state index contributed by atoms with van der Waals surface area (Å²) in [5.41, 5.74) is 6.84. The van der Waals surface area contributed by atoms with Gasteiger partial charge in [-0.15, -0.1) is 12.4 Å². The van der Waals surface area contributed by atoms with Gasteiger partial charge in [-0.1, -0.05) is 31.8 Å². The molecule has 1 atom stereocenters. The van der Waals surface area contributed by atoms with E-state index in [-0.39, 0.29) is 18.0 Å². The quantitative estimate of drug-likeness (QED) is 0.585. The second kappa shape index (κ2) is 8.92. The van der Waals surface area contributed by atoms with Crippen LogP contribution in [0.5, 0.6) is 0 Å². The first-order chi connectivity index (χ1) is 9.69. The highest BCUT2D eigenvalue weighted by atomic mass is 35.5. The van der Waals surface area contributed by atoms with Crippen molar-refractivity contribution < 1.29 is 19.4 Å². The van der Waals surface area contributed by atoms with E-state index in [1.165, 1.54) is 12.1 Å². The maximum atomic E-state index is 11.8. The molecule has 0 aromatic heterocycles. The molecule has 3 N–H and O–H groups in total. The Bertz CT molecular complexity index is 499. The molecule has 0 fully saturated rings. The van der Waals surface area contributed by atoms with Gasteiger partial charge in [0.1, 0.15) is 6.04 Å². The predicted molar refractivity (Wildman–Crippen MR) is 91.4 cm³/mol. The molecule has 0 bridgehead atoms. The Morgan fingerprint density at radius 3 is 2.23 bits per heavy atom. The Kier molecular flexibility index (Phi) is 8.37. The number of benzene rings is 1. The lowest BCUT2D eigenvalue weighted by molar-refractivity contribution is -0.144. The van der Waals surface area contributed by atoms with Gasteiger partial charge in [-0.3, -0.25) is 4.79 Å². The highest BCUT2D eigenvalue weighted by Crippen LogP contribution is 2.10. The molecule has 0 amide bonds. The van der Waals surface area contributed by atoms with E-state index in [0.29, 0.717) is 13.0 Å². The van der Waals surface area contributed by atoms with Gasteiger partial charge in [0, 0.05) is 8.07 Å². The summed E-state index contributed by atoms with van der Waals surface area (Å²) in [5, 5.41) is 8.81. The standard InChI is InChI=1S/C15H23NO4Si.ClH/c1-21(2,3)9-8-20-15(19)13(16)10-11-4-6-12(7-5-11)14(17)18;/h4-7,13H,8-10,16H2,1-3H3,(H,17,18);1H/t13-;/m0./s1. The Morgan fingerprint density at radius 1 is 1.23 bits per heavy atom. The van der Waals surface area contributed by atoms with Gasteiger partial charge in [0.15, 0.2) is 0 Å². The van der Waals surface area contributed by atoms with Gasteiger partial charge >= 0.3 is 11.9 Å². The summed E-state index contributed by atoms with van der Waals surface area (Å²) in [6, 6.07) is 6.53. The van der Waals surface area contributed by atoms with Crippen molar-refractivity contribution in [2.24, 2.45) is 5.73 Å². The van der Waals surface area contributed by atoms with E-state index in [1.807, 2.05) is 0 Å². The normalized spacial score (nSPS) is 12.2. The monoisotopic (exact) mass is 345 g/mol. The zero-order valence-electron chi connectivity index (χ0n) is 13.2. The largest absolute Gasteiger partial charge is 0.478 e. The lowest BCUT2D eigenvalue weighted by Crippen LogP contribution is -2.35. The molecule has 5 nitrogen and oxygen atoms in total. The zero-order valence-corrected chi connectivity index (χ0v) is 15.0. The number of hydrogen-bond donors (Lipinski definition) is 2. The van der Waals surface area contributed by atoms with Crippen molar-refractivity contribution >= 4 is 32.4 Å². The minimum Gasteiger partial charge on any atom is -0.478 e. The SMILES string of the molecule is C[Si](C)(C)CCOC(=O)[C@@H](N)Cc1ccc(C(=O)O)cc1.Cl. The molecule has 0 saturated carbocycles. The molecule has 0 saturated heterocycles. The number of ether oxygens (including phenoxy) is 1. The molecule has 0 radical (unpaired) electrons. The number of aromatic carboxylic acids is 1. The molecule has 0 unspecified atom stereocenters. The summed E-state index contributed by atoms with van der Waals surface area (Å²) in [7, 11) is -1.22. The second-order valence-corrected chi connectivity index (χ2v) is 11.9. The van der Waals surface area contributed by atoms with Gasteiger partial charge in [-0.2, -0.15) is 0 Å². The maximum absolute atomic E-state index is 11.8. The third-order valence-corrected chi connectivity index (χ3v) is 4.76. The number of rotatable bonds is 7. The highest BCUT2D eigenvalue weighted by Gasteiger charge is 2.18. The van der Waals surface area contributed by atoms with Gasteiger partial charge in [-0.25, -0.2) is 4.79 Å². The molecule has 1 aromatic rings. The third kappa shape index (κ3) is 7.58. The van der Waals surface area contributed by atoms with Crippen molar-refractivity contribution in [3.8, 4) is 0 Å². The van der Waals surface area contributed by atoms with Crippen LogP contribution in [0.15, 0.2) is 24.3 Å². The van der Waals surface area contributed by atoms with E-state index < -0.39 is 26.1 Å². The fourth-order valence-corrected chi connectivity index (χ4v) is 2.40. The average Bonchev–Trinajstić information content (AvgIpc) is 2.37. The van der Waals surface area contributed by atoms with E-state index in [1.54, 1.807) is 12.1 Å². The first-order valence-electron chi connectivity index (χ1n) is 6.93. The van der Waals surface area contributed by atoms with Gasteiger partial charge in [0.25, 0.3) is 0 Å². The zero-order chi connectivity index (χ0) is 16.0. The lowest BCUT2D eigenvalue weighted by Gasteiger charge is -2.17. The van der Waals surface area contributed by atoms with Crippen molar-refractivity contribution in [1.82, 2.24) is 0 Å². The Hall–Kier alpha value is -1.37. The molecule has 0 spiro atoms. The number of esters is 1. The van der Waals surface area contributed by atoms with Crippen molar-refractivity contribution in [3.63, 3.8) is 0 Å². The van der Waals surface area contributed by atoms with Gasteiger partial charge in [0.2, 0.25) is 0 Å². The van der Waals surface area contributed by atoms with Crippen LogP contribution in [0.2, 0.25) is 25.7 Å². The van der Waals surface area contributed by atoms with Gasteiger partial charge < -0.3 is 15.6 Å². The first-order valence-corrected chi connectivity index (χ1v) is 10.6. The number of carbonyl (C=O) groups is 2. The molecule has 0 aliphatic rings. The lowest BCUT2D eigenvalue weighted by atomic mass is 10.0. The number of nitrogens with two attached hydrogens (primary N) is 1. The molecular formula is C15H24ClNO4Si. The van der Waals surface area contributed by atoms with E-state index in [9.17, 15) is 9.59 Å². The number of carboxylic acid groups (broad SMARTS) is 1. The van der Waals surface area contributed by atoms with E-state index in [0.717, 1.165) is 11.6 Å². The molecule has 22 heavy (non-hydrogen) atoms. The van der Waals surface area contributed by atoms with Crippen LogP contribution in [0.4, 0.5) is 0 Å². The Morgan fingerprint density at radius 2 is 1.77 bits per heavy atom. The molecule has 1 rings (SSSR count). The Balaban J connectivity index is 0.00000441. The minimum atomic E-state index is -1.22. The van der Waals surface area contributed by atoms with Crippen molar-refractivity contribution in [2.45, 2.75) is 38.1 Å². The van der Waals surface area contributed by atoms with Crippen molar-refractivity contribution in [2.75, 3.05) is 6.61 Å². The fraction of sp³-hybridized carbons (Fsp3) is 0.467. The highest BCUT2D eigenvalue weighted by molar-refractivity contribution is 6.76. The van der Waals surface area contributed by atoms with Crippen LogP contribution in [-0.4, -0.2) is 37.8 Å². The maximum Gasteiger partial charge on any atom is 0.335 e. The summed E-state index contributed by atoms with van der Waals surface area (Å²) < 4.78 is 5.19. The van der Waals surface area contributed by atoms with Crippen LogP contribution in [0.3, 0.4) is 0 Å². The summed E-state index contributed by atoms with van der Waals surface area (Å²) in [6.45, 7) is 7.06. The molecule has 0 aliphatic heterocycles. The van der Waals surface area contributed by atoms with Crippen molar-refractivity contribution in [1.29, 1.82) is 0 Å². The molecule has 1 aromatic carbocycles. The Labute approximate surface area is 138 Å². The number of carboxylic acids is 1. The van der Waals surface area contributed by atoms with Gasteiger partial charge in [-0.05, 0) is 30.2 Å². The molecular weight excluding hydrogens is 322 g/mol. The summed E-state index contributed by atoms with van der Waals surface area (Å²) in [4.78, 5) is 22.5. The smallest absolute Gasteiger partial charge is 0.335 e. The van der Waals surface area contributed by atoms with Crippen LogP contribution in [0, 0.1) is 0 Å². The number of carbonyl (C=O) groups excluding carboxylic acids is 1. The molecule has 124 valence electrons. The van der Waals surface area contributed by atoms with Crippen LogP contribution >= 0.6 is 12.4 Å². The fourth-order valence-electron chi connectivity index (χ4n) is 1.69. The summed E-state index contributed by atoms with van der Waals surface area (Å²) >= 11 is 0. The van der Waals surface area contributed by atoms with E-state index >= 15 is 0 Å². The topological polar surface area (TPSA) is 89.6 Å². The van der Waals surface area contributed by atoms with E-state index in [4.69, 9.17) is 15.6 Å². The van der Waals surface area contributed by atoms with Crippen LogP contribution in [0.25, 0.3) is 0 Å². The van der Waals surface area contributed by atoms with Crippen LogP contribution in [0.1, 0.15) is 15.9 Å². The number of halogens is 1. The second-order valence-electron chi connectivity index (χ2n) is 6.29. The summed E-state index contributed by atoms with van der Waals surface area (Å²) in [6.07, 6.45) is 0.339. The van der Waals surface area contributed by atoms with Gasteiger partial charge in [0.05, 0.1) is 12.2 Å². The van der Waals surface area contributed by atoms with E-state index in [2.05, 4.69) is 19.6 Å². The predicted octanol–water partition coefficient (Wildman–Crippen LogP) is 2.56. The van der Waals surface area contributed by atoms with Crippen LogP contribution in [-0.2, 0) is 16.0 Å². The number of hydrogen-bond acceptors (Lipinski definition) is 4. The van der Waals surface area contributed by atoms with Crippen LogP contribution < -0.4 is 5.73 Å². The molecule has 0 aliphatic carbocycles. The first kappa shape index (κ1) is 20.6. The van der Waals surface area contributed by atoms with Crippen molar-refractivity contribution in [3.05, 3.63) is 35.4 Å². The average molecular weight is 346 g/mol. The molecule has 0 heterocycles. The summed E-state index contributed by atoms with van der Waals surface area (Å²) in [5.74, 6) is -1.38.